The maximum Gasteiger partial charge on any atom is 0.247 e. The van der Waals surface area contributed by atoms with Crippen LogP contribution in [0.2, 0.25) is 0 Å². The Kier molecular flexibility index (Phi) is 6.81. The number of carbonyl (C=O) groups is 2. The van der Waals surface area contributed by atoms with Gasteiger partial charge >= 0.3 is 0 Å². The minimum absolute atomic E-state index is 0.00457. The highest BCUT2D eigenvalue weighted by molar-refractivity contribution is 6.53. The summed E-state index contributed by atoms with van der Waals surface area (Å²) in [6, 6.07) is 8.02. The van der Waals surface area contributed by atoms with Crippen LogP contribution in [-0.4, -0.2) is 22.6 Å². The molecular formula is C21H18Cl2F4N2O2. The van der Waals surface area contributed by atoms with Crippen LogP contribution in [0.3, 0.4) is 0 Å². The summed E-state index contributed by atoms with van der Waals surface area (Å²) < 4.78 is 50.6. The topological polar surface area (TPSA) is 58.2 Å². The van der Waals surface area contributed by atoms with E-state index in [0.717, 1.165) is 6.07 Å². The van der Waals surface area contributed by atoms with E-state index in [1.807, 2.05) is 0 Å². The number of carbonyl (C=O) groups excluding carboxylic acids is 2. The van der Waals surface area contributed by atoms with Crippen LogP contribution in [0.15, 0.2) is 36.4 Å². The molecule has 4 nitrogen and oxygen atoms in total. The van der Waals surface area contributed by atoms with Gasteiger partial charge in [0, 0.05) is 23.7 Å². The summed E-state index contributed by atoms with van der Waals surface area (Å²) in [4.78, 5) is 24.1. The number of alkyl halides is 4. The van der Waals surface area contributed by atoms with Crippen LogP contribution >= 0.6 is 23.2 Å². The van der Waals surface area contributed by atoms with E-state index in [4.69, 9.17) is 23.2 Å². The second-order valence-corrected chi connectivity index (χ2v) is 8.75. The molecule has 0 heterocycles. The van der Waals surface area contributed by atoms with E-state index in [-0.39, 0.29) is 23.6 Å². The summed E-state index contributed by atoms with van der Waals surface area (Å²) >= 11 is 12.6. The van der Waals surface area contributed by atoms with E-state index in [1.165, 1.54) is 24.3 Å². The van der Waals surface area contributed by atoms with Gasteiger partial charge in [-0.3, -0.25) is 9.59 Å². The van der Waals surface area contributed by atoms with E-state index in [0.29, 0.717) is 11.1 Å². The zero-order chi connectivity index (χ0) is 22.9. The Hall–Kier alpha value is -2.32. The van der Waals surface area contributed by atoms with Gasteiger partial charge in [-0.2, -0.15) is 0 Å². The van der Waals surface area contributed by atoms with Gasteiger partial charge in [0.2, 0.25) is 18.2 Å². The summed E-state index contributed by atoms with van der Waals surface area (Å²) in [5.74, 6) is -3.88. The normalized spacial score (nSPS) is 19.2. The van der Waals surface area contributed by atoms with Gasteiger partial charge in [0.15, 0.2) is 0 Å². The minimum Gasteiger partial charge on any atom is -0.352 e. The third-order valence-corrected chi connectivity index (χ3v) is 5.95. The van der Waals surface area contributed by atoms with Crippen LogP contribution in [0.4, 0.5) is 23.2 Å². The molecule has 10 heteroatoms. The van der Waals surface area contributed by atoms with Crippen molar-refractivity contribution >= 4 is 40.7 Å². The molecule has 0 radical (unpaired) electrons. The fraction of sp³-hybridized carbons (Fsp3) is 0.333. The molecule has 1 aliphatic rings. The molecule has 0 bridgehead atoms. The third-order valence-electron chi connectivity index (χ3n) is 5.01. The second-order valence-electron chi connectivity index (χ2n) is 7.31. The number of nitrogens with one attached hydrogen (secondary N) is 2. The van der Waals surface area contributed by atoms with Gasteiger partial charge in [-0.1, -0.05) is 12.1 Å². The Bertz CT molecular complexity index is 1020. The molecule has 0 saturated heterocycles. The smallest absolute Gasteiger partial charge is 0.247 e. The van der Waals surface area contributed by atoms with Crippen molar-refractivity contribution in [2.75, 3.05) is 5.32 Å². The van der Waals surface area contributed by atoms with Crippen molar-refractivity contribution in [3.63, 3.8) is 0 Å². The highest BCUT2D eigenvalue weighted by atomic mass is 35.5. The molecule has 1 fully saturated rings. The molecule has 1 saturated carbocycles. The summed E-state index contributed by atoms with van der Waals surface area (Å²) in [6.45, 7) is 1.26. The van der Waals surface area contributed by atoms with Crippen molar-refractivity contribution in [2.45, 2.75) is 36.6 Å². The summed E-state index contributed by atoms with van der Waals surface area (Å²) in [7, 11) is 0. The van der Waals surface area contributed by atoms with Gasteiger partial charge in [0.05, 0.1) is 12.3 Å². The Labute approximate surface area is 185 Å². The lowest BCUT2D eigenvalue weighted by Gasteiger charge is -2.10. The van der Waals surface area contributed by atoms with Crippen molar-refractivity contribution < 1.29 is 27.2 Å². The Morgan fingerprint density at radius 1 is 1.10 bits per heavy atom. The number of rotatable bonds is 7. The number of benzene rings is 2. The number of hydrogen-bond donors (Lipinski definition) is 2. The number of aryl methyl sites for hydroxylation is 1. The van der Waals surface area contributed by atoms with Crippen LogP contribution in [0.1, 0.15) is 29.0 Å². The fourth-order valence-corrected chi connectivity index (χ4v) is 4.17. The second kappa shape index (κ2) is 9.04. The summed E-state index contributed by atoms with van der Waals surface area (Å²) in [5.41, 5.74) is 1.23. The number of hydrogen-bond acceptors (Lipinski definition) is 2. The van der Waals surface area contributed by atoms with Crippen molar-refractivity contribution in [3.05, 3.63) is 64.7 Å². The monoisotopic (exact) mass is 476 g/mol. The molecule has 2 amide bonds. The molecule has 166 valence electrons. The fourth-order valence-electron chi connectivity index (χ4n) is 3.34. The zero-order valence-electron chi connectivity index (χ0n) is 16.2. The van der Waals surface area contributed by atoms with Crippen LogP contribution in [0.25, 0.3) is 0 Å². The minimum atomic E-state index is -2.81. The number of halogens is 6. The summed E-state index contributed by atoms with van der Waals surface area (Å²) in [5, 5.41) is 4.79. The van der Waals surface area contributed by atoms with Gasteiger partial charge in [-0.25, -0.2) is 17.6 Å². The lowest BCUT2D eigenvalue weighted by molar-refractivity contribution is -0.123. The molecule has 2 atom stereocenters. The predicted molar refractivity (Wildman–Crippen MR) is 109 cm³/mol. The lowest BCUT2D eigenvalue weighted by atomic mass is 10.1. The molecule has 2 unspecified atom stereocenters. The maximum absolute atomic E-state index is 14.0. The molecule has 1 aliphatic carbocycles. The molecule has 0 spiro atoms. The average molecular weight is 477 g/mol. The van der Waals surface area contributed by atoms with Gasteiger partial charge in [-0.05, 0) is 42.3 Å². The van der Waals surface area contributed by atoms with Gasteiger partial charge < -0.3 is 10.6 Å². The molecule has 31 heavy (non-hydrogen) atoms. The zero-order valence-corrected chi connectivity index (χ0v) is 17.7. The van der Waals surface area contributed by atoms with Crippen molar-refractivity contribution in [2.24, 2.45) is 5.92 Å². The van der Waals surface area contributed by atoms with Crippen molar-refractivity contribution in [3.8, 4) is 0 Å². The van der Waals surface area contributed by atoms with Crippen LogP contribution in [-0.2, 0) is 16.1 Å². The largest absolute Gasteiger partial charge is 0.352 e. The highest BCUT2D eigenvalue weighted by Crippen LogP contribution is 2.65. The maximum atomic E-state index is 14.0. The Balaban J connectivity index is 1.69. The van der Waals surface area contributed by atoms with Crippen LogP contribution < -0.4 is 10.6 Å². The quantitative estimate of drug-likeness (QED) is 0.432. The molecule has 2 aromatic rings. The summed E-state index contributed by atoms with van der Waals surface area (Å²) in [6.07, 6.45) is -3.80. The number of anilines is 1. The predicted octanol–water partition coefficient (Wildman–Crippen LogP) is 5.07. The lowest BCUT2D eigenvalue weighted by Crippen LogP contribution is -2.25. The Morgan fingerprint density at radius 3 is 2.42 bits per heavy atom. The molecule has 0 aromatic heterocycles. The van der Waals surface area contributed by atoms with E-state index < -0.39 is 46.6 Å². The molecule has 0 aliphatic heterocycles. The van der Waals surface area contributed by atoms with E-state index >= 15 is 0 Å². The van der Waals surface area contributed by atoms with Crippen molar-refractivity contribution in [1.82, 2.24) is 5.32 Å². The third kappa shape index (κ3) is 5.30. The number of amides is 2. The molecule has 2 N–H and O–H groups in total. The van der Waals surface area contributed by atoms with Crippen molar-refractivity contribution in [1.29, 1.82) is 0 Å². The van der Waals surface area contributed by atoms with Gasteiger partial charge in [-0.15, -0.1) is 23.2 Å². The first-order chi connectivity index (χ1) is 14.5. The first-order valence-corrected chi connectivity index (χ1v) is 10.0. The molecular weight excluding hydrogens is 459 g/mol. The first kappa shape index (κ1) is 23.3. The van der Waals surface area contributed by atoms with Gasteiger partial charge in [0.1, 0.15) is 16.0 Å². The van der Waals surface area contributed by atoms with E-state index in [1.54, 1.807) is 13.0 Å². The average Bonchev–Trinajstić information content (AvgIpc) is 3.26. The van der Waals surface area contributed by atoms with Crippen LogP contribution in [0, 0.1) is 24.5 Å². The standard InChI is InChI=1S/C21H18Cl2F4N2O2/c1-10-6-11(2-4-14(10)24)18-19(21(18,22)23)20(31)29-13-3-5-15(25)12(7-13)9-28-17(30)8-16(26)27/h2-7,16,18-19H,8-9H2,1H3,(H,28,30)(H,29,31). The van der Waals surface area contributed by atoms with Crippen LogP contribution in [0.5, 0.6) is 0 Å². The highest BCUT2D eigenvalue weighted by Gasteiger charge is 2.67. The van der Waals surface area contributed by atoms with Gasteiger partial charge in [0.25, 0.3) is 0 Å². The molecule has 3 rings (SSSR count). The SMILES string of the molecule is Cc1cc(C2C(C(=O)Nc3ccc(F)c(CNC(=O)CC(F)F)c3)C2(Cl)Cl)ccc1F. The first-order valence-electron chi connectivity index (χ1n) is 9.28. The molecule has 2 aromatic carbocycles. The Morgan fingerprint density at radius 2 is 1.77 bits per heavy atom. The van der Waals surface area contributed by atoms with E-state index in [2.05, 4.69) is 10.6 Å². The van der Waals surface area contributed by atoms with E-state index in [9.17, 15) is 27.2 Å².